The highest BCUT2D eigenvalue weighted by atomic mass is 16.5. The summed E-state index contributed by atoms with van der Waals surface area (Å²) in [4.78, 5) is 4.78. The van der Waals surface area contributed by atoms with Crippen LogP contribution in [-0.2, 0) is 11.2 Å². The minimum atomic E-state index is 0.630. The molecule has 1 aliphatic carbocycles. The van der Waals surface area contributed by atoms with Crippen LogP contribution in [0.1, 0.15) is 11.1 Å². The lowest BCUT2D eigenvalue weighted by molar-refractivity contribution is 0.369. The van der Waals surface area contributed by atoms with E-state index in [1.165, 1.54) is 0 Å². The van der Waals surface area contributed by atoms with Crippen LogP contribution in [0.3, 0.4) is 0 Å². The molecule has 1 aliphatic rings. The lowest BCUT2D eigenvalue weighted by atomic mass is 10.0. The highest BCUT2D eigenvalue weighted by molar-refractivity contribution is 5.89. The van der Waals surface area contributed by atoms with Gasteiger partial charge in [-0.2, -0.15) is 5.26 Å². The van der Waals surface area contributed by atoms with Crippen molar-refractivity contribution in [2.45, 2.75) is 6.42 Å². The molecule has 110 valence electrons. The average Bonchev–Trinajstić information content (AvgIpc) is 2.96. The topological polar surface area (TPSA) is 45.9 Å². The number of ether oxygens (including phenoxy) is 1. The van der Waals surface area contributed by atoms with Gasteiger partial charge in [-0.3, -0.25) is 0 Å². The number of aromatic nitrogens is 1. The second-order valence-corrected chi connectivity index (χ2v) is 5.56. The Kier molecular flexibility index (Phi) is 3.09. The van der Waals surface area contributed by atoms with E-state index >= 15 is 0 Å². The number of rotatable bonds is 2. The number of hydrogen-bond acceptors (Lipinski definition) is 3. The Labute approximate surface area is 134 Å². The highest BCUT2D eigenvalue weighted by Crippen LogP contribution is 2.35. The Balaban J connectivity index is 1.89. The summed E-state index contributed by atoms with van der Waals surface area (Å²) in [5.74, 6) is 0.677. The van der Waals surface area contributed by atoms with Gasteiger partial charge in [-0.05, 0) is 23.8 Å². The molecule has 3 heteroatoms. The first-order chi connectivity index (χ1) is 11.3. The van der Waals surface area contributed by atoms with Crippen LogP contribution in [0.25, 0.3) is 27.9 Å². The molecule has 0 saturated carbocycles. The molecule has 0 amide bonds. The number of nitrogens with zero attached hydrogens (tertiary/aromatic N) is 2. The molecule has 0 bridgehead atoms. The number of nitriles is 1. The van der Waals surface area contributed by atoms with E-state index in [-0.39, 0.29) is 0 Å². The Hall–Kier alpha value is -3.12. The Bertz CT molecular complexity index is 982. The summed E-state index contributed by atoms with van der Waals surface area (Å²) in [6.45, 7) is 0. The third-order valence-corrected chi connectivity index (χ3v) is 4.21. The summed E-state index contributed by atoms with van der Waals surface area (Å²) in [6, 6.07) is 20.6. The summed E-state index contributed by atoms with van der Waals surface area (Å²) >= 11 is 0. The first-order valence-corrected chi connectivity index (χ1v) is 7.47. The number of hydrogen-bond donors (Lipinski definition) is 0. The van der Waals surface area contributed by atoms with Crippen LogP contribution < -0.4 is 0 Å². The fourth-order valence-corrected chi connectivity index (χ4v) is 3.10. The molecule has 4 rings (SSSR count). The molecule has 3 aromatic rings. The molecule has 0 atom stereocenters. The van der Waals surface area contributed by atoms with Crippen molar-refractivity contribution in [3.05, 3.63) is 71.3 Å². The van der Waals surface area contributed by atoms with Crippen LogP contribution in [0, 0.1) is 11.3 Å². The zero-order chi connectivity index (χ0) is 15.8. The van der Waals surface area contributed by atoms with Crippen molar-refractivity contribution < 1.29 is 4.74 Å². The molecule has 1 aromatic heterocycles. The molecular weight excluding hydrogens is 284 g/mol. The van der Waals surface area contributed by atoms with Crippen molar-refractivity contribution in [1.29, 1.82) is 5.26 Å². The van der Waals surface area contributed by atoms with Crippen LogP contribution in [0.15, 0.2) is 60.2 Å². The van der Waals surface area contributed by atoms with Crippen LogP contribution in [0.4, 0.5) is 0 Å². The smallest absolute Gasteiger partial charge is 0.140 e. The summed E-state index contributed by atoms with van der Waals surface area (Å²) in [5, 5.41) is 10.3. The number of pyridine rings is 1. The van der Waals surface area contributed by atoms with Crippen molar-refractivity contribution in [3.63, 3.8) is 0 Å². The summed E-state index contributed by atoms with van der Waals surface area (Å²) in [6.07, 6.45) is 0.630. The SMILES string of the molecule is COC1=C(C#N)Cc2cc3ccc(-c4ccccc4)nc3cc21. The lowest BCUT2D eigenvalue weighted by Gasteiger charge is -2.08. The van der Waals surface area contributed by atoms with E-state index in [1.807, 2.05) is 30.3 Å². The maximum Gasteiger partial charge on any atom is 0.140 e. The molecule has 0 N–H and O–H groups in total. The summed E-state index contributed by atoms with van der Waals surface area (Å²) in [5.41, 5.74) is 5.74. The van der Waals surface area contributed by atoms with E-state index in [0.717, 1.165) is 33.3 Å². The third kappa shape index (κ3) is 2.16. The molecule has 23 heavy (non-hydrogen) atoms. The highest BCUT2D eigenvalue weighted by Gasteiger charge is 2.23. The number of benzene rings is 2. The monoisotopic (exact) mass is 298 g/mol. The zero-order valence-corrected chi connectivity index (χ0v) is 12.7. The fraction of sp³-hybridized carbons (Fsp3) is 0.100. The van der Waals surface area contributed by atoms with Gasteiger partial charge in [0.1, 0.15) is 5.76 Å². The van der Waals surface area contributed by atoms with Crippen molar-refractivity contribution >= 4 is 16.7 Å². The molecule has 2 aromatic carbocycles. The van der Waals surface area contributed by atoms with Crippen molar-refractivity contribution in [3.8, 4) is 17.3 Å². The molecule has 0 aliphatic heterocycles. The number of fused-ring (bicyclic) bond motifs is 2. The van der Waals surface area contributed by atoms with Gasteiger partial charge in [-0.25, -0.2) is 4.98 Å². The van der Waals surface area contributed by atoms with Gasteiger partial charge in [0.15, 0.2) is 0 Å². The molecule has 0 spiro atoms. The van der Waals surface area contributed by atoms with Crippen molar-refractivity contribution in [1.82, 2.24) is 4.98 Å². The molecule has 0 radical (unpaired) electrons. The van der Waals surface area contributed by atoms with Gasteiger partial charge in [0, 0.05) is 22.9 Å². The number of allylic oxidation sites excluding steroid dienone is 1. The third-order valence-electron chi connectivity index (χ3n) is 4.21. The van der Waals surface area contributed by atoms with Gasteiger partial charge >= 0.3 is 0 Å². The average molecular weight is 298 g/mol. The maximum absolute atomic E-state index is 9.27. The molecule has 3 nitrogen and oxygen atoms in total. The van der Waals surface area contributed by atoms with Crippen LogP contribution in [0.2, 0.25) is 0 Å². The van der Waals surface area contributed by atoms with Gasteiger partial charge in [0.2, 0.25) is 0 Å². The Morgan fingerprint density at radius 3 is 2.65 bits per heavy atom. The Morgan fingerprint density at radius 2 is 1.91 bits per heavy atom. The van der Waals surface area contributed by atoms with Gasteiger partial charge in [-0.15, -0.1) is 0 Å². The van der Waals surface area contributed by atoms with E-state index < -0.39 is 0 Å². The molecule has 0 saturated heterocycles. The summed E-state index contributed by atoms with van der Waals surface area (Å²) < 4.78 is 5.43. The van der Waals surface area contributed by atoms with E-state index in [9.17, 15) is 5.26 Å². The first kappa shape index (κ1) is 13.5. The molecule has 1 heterocycles. The standard InChI is InChI=1S/C20H14N2O/c1-23-20-16(12-21)10-15-9-14-7-8-18(13-5-3-2-4-6-13)22-19(14)11-17(15)20/h2-9,11H,10H2,1H3. The fourth-order valence-electron chi connectivity index (χ4n) is 3.10. The minimum Gasteiger partial charge on any atom is -0.495 e. The molecular formula is C20H14N2O. The van der Waals surface area contributed by atoms with E-state index in [0.29, 0.717) is 17.8 Å². The predicted octanol–water partition coefficient (Wildman–Crippen LogP) is 4.34. The molecule has 0 fully saturated rings. The van der Waals surface area contributed by atoms with E-state index in [4.69, 9.17) is 9.72 Å². The van der Waals surface area contributed by atoms with Gasteiger partial charge in [0.05, 0.1) is 30.0 Å². The van der Waals surface area contributed by atoms with Gasteiger partial charge in [0.25, 0.3) is 0 Å². The maximum atomic E-state index is 9.27. The predicted molar refractivity (Wildman–Crippen MR) is 90.4 cm³/mol. The minimum absolute atomic E-state index is 0.630. The van der Waals surface area contributed by atoms with E-state index in [1.54, 1.807) is 7.11 Å². The van der Waals surface area contributed by atoms with Crippen LogP contribution in [-0.4, -0.2) is 12.1 Å². The van der Waals surface area contributed by atoms with Crippen molar-refractivity contribution in [2.75, 3.05) is 7.11 Å². The van der Waals surface area contributed by atoms with Gasteiger partial charge < -0.3 is 4.74 Å². The van der Waals surface area contributed by atoms with Crippen LogP contribution >= 0.6 is 0 Å². The number of methoxy groups -OCH3 is 1. The largest absolute Gasteiger partial charge is 0.495 e. The Morgan fingerprint density at radius 1 is 1.09 bits per heavy atom. The normalized spacial score (nSPS) is 13.0. The van der Waals surface area contributed by atoms with E-state index in [2.05, 4.69) is 30.3 Å². The zero-order valence-electron chi connectivity index (χ0n) is 12.7. The second-order valence-electron chi connectivity index (χ2n) is 5.56. The van der Waals surface area contributed by atoms with Crippen molar-refractivity contribution in [2.24, 2.45) is 0 Å². The van der Waals surface area contributed by atoms with Gasteiger partial charge in [-0.1, -0.05) is 36.4 Å². The first-order valence-electron chi connectivity index (χ1n) is 7.47. The lowest BCUT2D eigenvalue weighted by Crippen LogP contribution is -1.91. The summed E-state index contributed by atoms with van der Waals surface area (Å²) in [7, 11) is 1.61. The molecule has 0 unspecified atom stereocenters. The van der Waals surface area contributed by atoms with Crippen LogP contribution in [0.5, 0.6) is 0 Å². The quantitative estimate of drug-likeness (QED) is 0.707. The second kappa shape index (κ2) is 5.26.